The van der Waals surface area contributed by atoms with Crippen molar-refractivity contribution in [1.82, 2.24) is 9.55 Å². The van der Waals surface area contributed by atoms with Gasteiger partial charge >= 0.3 is 5.69 Å². The number of aromatic nitrogens is 2. The lowest BCUT2D eigenvalue weighted by molar-refractivity contribution is 0.0233. The van der Waals surface area contributed by atoms with Gasteiger partial charge in [-0.25, -0.2) is 4.79 Å². The first-order chi connectivity index (χ1) is 9.09. The molecule has 0 radical (unpaired) electrons. The second kappa shape index (κ2) is 6.39. The monoisotopic (exact) mass is 286 g/mol. The Morgan fingerprint density at radius 1 is 1.32 bits per heavy atom. The molecule has 5 nitrogen and oxygen atoms in total. The molecule has 1 N–H and O–H groups in total. The zero-order valence-corrected chi connectivity index (χ0v) is 11.8. The average molecular weight is 287 g/mol. The largest absolute Gasteiger partial charge is 0.376 e. The maximum atomic E-state index is 11.9. The number of nitrogens with one attached hydrogen (secondary N) is 1. The lowest BCUT2D eigenvalue weighted by Gasteiger charge is -2.22. The van der Waals surface area contributed by atoms with E-state index in [1.54, 1.807) is 6.92 Å². The molecule has 0 atom stereocenters. The molecule has 0 saturated heterocycles. The highest BCUT2D eigenvalue weighted by atomic mass is 35.5. The summed E-state index contributed by atoms with van der Waals surface area (Å²) in [5.41, 5.74) is -0.465. The van der Waals surface area contributed by atoms with Crippen LogP contribution in [0.5, 0.6) is 0 Å². The fourth-order valence-electron chi connectivity index (χ4n) is 2.39. The number of aromatic amines is 1. The summed E-state index contributed by atoms with van der Waals surface area (Å²) in [4.78, 5) is 26.0. The second-order valence-corrected chi connectivity index (χ2v) is 5.33. The first kappa shape index (κ1) is 14.3. The van der Waals surface area contributed by atoms with Crippen LogP contribution in [0, 0.1) is 6.92 Å². The first-order valence-corrected chi connectivity index (χ1v) is 7.08. The molecular formula is C13H19ClN2O3. The Bertz CT molecular complexity index is 544. The van der Waals surface area contributed by atoms with Crippen molar-refractivity contribution in [2.75, 3.05) is 6.61 Å². The van der Waals surface area contributed by atoms with Gasteiger partial charge in [0.05, 0.1) is 19.3 Å². The highest BCUT2D eigenvalue weighted by molar-refractivity contribution is 6.30. The Morgan fingerprint density at radius 2 is 2.00 bits per heavy atom. The summed E-state index contributed by atoms with van der Waals surface area (Å²) in [5.74, 6) is 0. The Balaban J connectivity index is 1.98. The summed E-state index contributed by atoms with van der Waals surface area (Å²) in [5, 5.41) is 0.111. The molecule has 1 heterocycles. The van der Waals surface area contributed by atoms with Crippen molar-refractivity contribution < 1.29 is 4.74 Å². The first-order valence-electron chi connectivity index (χ1n) is 6.70. The molecule has 1 fully saturated rings. The van der Waals surface area contributed by atoms with E-state index in [1.807, 2.05) is 0 Å². The number of rotatable bonds is 4. The van der Waals surface area contributed by atoms with Gasteiger partial charge in [0.25, 0.3) is 5.56 Å². The molecule has 0 spiro atoms. The van der Waals surface area contributed by atoms with Gasteiger partial charge in [-0.15, -0.1) is 0 Å². The quantitative estimate of drug-likeness (QED) is 0.859. The van der Waals surface area contributed by atoms with Crippen molar-refractivity contribution in [2.45, 2.75) is 51.7 Å². The normalized spacial score (nSPS) is 16.7. The molecule has 1 aromatic rings. The van der Waals surface area contributed by atoms with Gasteiger partial charge in [-0.05, 0) is 19.8 Å². The van der Waals surface area contributed by atoms with Crippen molar-refractivity contribution in [3.63, 3.8) is 0 Å². The Kier molecular flexibility index (Phi) is 4.82. The average Bonchev–Trinajstić information content (AvgIpc) is 2.41. The van der Waals surface area contributed by atoms with E-state index in [2.05, 4.69) is 4.98 Å². The Labute approximate surface area is 116 Å². The van der Waals surface area contributed by atoms with Gasteiger partial charge in [-0.1, -0.05) is 30.9 Å². The van der Waals surface area contributed by atoms with Crippen LogP contribution in [0.1, 0.15) is 37.7 Å². The van der Waals surface area contributed by atoms with Gasteiger partial charge in [0.2, 0.25) is 0 Å². The lowest BCUT2D eigenvalue weighted by Crippen LogP contribution is -2.38. The van der Waals surface area contributed by atoms with Crippen molar-refractivity contribution in [2.24, 2.45) is 0 Å². The van der Waals surface area contributed by atoms with E-state index >= 15 is 0 Å². The molecule has 0 aliphatic heterocycles. The summed E-state index contributed by atoms with van der Waals surface area (Å²) < 4.78 is 6.86. The number of nitrogens with zero attached hydrogens (tertiary/aromatic N) is 1. The van der Waals surface area contributed by atoms with E-state index in [4.69, 9.17) is 16.3 Å². The molecule has 106 valence electrons. The van der Waals surface area contributed by atoms with Crippen molar-refractivity contribution in [3.05, 3.63) is 31.6 Å². The zero-order chi connectivity index (χ0) is 13.8. The standard InChI is InChI=1S/C13H19ClN2O3/c1-9-11(14)15-13(18)16(12(9)17)7-8-19-10-5-3-2-4-6-10/h10H,2-8H2,1H3,(H,15,18). The molecule has 1 aromatic heterocycles. The van der Waals surface area contributed by atoms with E-state index in [9.17, 15) is 9.59 Å². The summed E-state index contributed by atoms with van der Waals surface area (Å²) in [6.45, 7) is 2.25. The number of H-pyrrole nitrogens is 1. The molecule has 6 heteroatoms. The van der Waals surface area contributed by atoms with E-state index in [0.29, 0.717) is 12.2 Å². The van der Waals surface area contributed by atoms with E-state index in [1.165, 1.54) is 19.3 Å². The fourth-order valence-corrected chi connectivity index (χ4v) is 2.55. The molecule has 19 heavy (non-hydrogen) atoms. The van der Waals surface area contributed by atoms with Crippen molar-refractivity contribution in [1.29, 1.82) is 0 Å². The van der Waals surface area contributed by atoms with Crippen LogP contribution in [-0.4, -0.2) is 22.3 Å². The van der Waals surface area contributed by atoms with Crippen LogP contribution < -0.4 is 11.2 Å². The predicted octanol–water partition coefficient (Wildman–Crippen LogP) is 1.85. The summed E-state index contributed by atoms with van der Waals surface area (Å²) in [6.07, 6.45) is 6.10. The molecule has 0 bridgehead atoms. The van der Waals surface area contributed by atoms with Crippen LogP contribution in [0.15, 0.2) is 9.59 Å². The molecular weight excluding hydrogens is 268 g/mol. The maximum absolute atomic E-state index is 11.9. The van der Waals surface area contributed by atoms with Crippen LogP contribution in [0.2, 0.25) is 5.15 Å². The van der Waals surface area contributed by atoms with Crippen LogP contribution in [0.25, 0.3) is 0 Å². The fraction of sp³-hybridized carbons (Fsp3) is 0.692. The van der Waals surface area contributed by atoms with Gasteiger partial charge in [0, 0.05) is 5.56 Å². The predicted molar refractivity (Wildman–Crippen MR) is 73.9 cm³/mol. The molecule has 0 aromatic carbocycles. The minimum absolute atomic E-state index is 0.111. The topological polar surface area (TPSA) is 64.1 Å². The highest BCUT2D eigenvalue weighted by Gasteiger charge is 2.14. The molecule has 1 aliphatic rings. The highest BCUT2D eigenvalue weighted by Crippen LogP contribution is 2.19. The number of halogens is 1. The van der Waals surface area contributed by atoms with Gasteiger partial charge in [-0.2, -0.15) is 0 Å². The smallest absolute Gasteiger partial charge is 0.329 e. The minimum Gasteiger partial charge on any atom is -0.376 e. The molecule has 2 rings (SSSR count). The summed E-state index contributed by atoms with van der Waals surface area (Å²) in [7, 11) is 0. The van der Waals surface area contributed by atoms with E-state index in [-0.39, 0.29) is 23.4 Å². The molecule has 0 unspecified atom stereocenters. The van der Waals surface area contributed by atoms with Gasteiger partial charge in [0.1, 0.15) is 5.15 Å². The van der Waals surface area contributed by atoms with Crippen LogP contribution in [0.3, 0.4) is 0 Å². The van der Waals surface area contributed by atoms with E-state index < -0.39 is 5.69 Å². The zero-order valence-electron chi connectivity index (χ0n) is 11.1. The third-order valence-corrected chi connectivity index (χ3v) is 3.96. The Hall–Kier alpha value is -1.07. The summed E-state index contributed by atoms with van der Waals surface area (Å²) >= 11 is 5.75. The van der Waals surface area contributed by atoms with Crippen LogP contribution >= 0.6 is 11.6 Å². The lowest BCUT2D eigenvalue weighted by atomic mass is 9.98. The van der Waals surface area contributed by atoms with Crippen LogP contribution in [-0.2, 0) is 11.3 Å². The molecule has 1 aliphatic carbocycles. The van der Waals surface area contributed by atoms with Crippen molar-refractivity contribution >= 4 is 11.6 Å². The number of hydrogen-bond acceptors (Lipinski definition) is 3. The second-order valence-electron chi connectivity index (χ2n) is 4.96. The van der Waals surface area contributed by atoms with Gasteiger partial charge < -0.3 is 4.74 Å². The number of ether oxygens (including phenoxy) is 1. The third-order valence-electron chi connectivity index (χ3n) is 3.58. The van der Waals surface area contributed by atoms with Gasteiger partial charge in [0.15, 0.2) is 0 Å². The molecule has 0 amide bonds. The van der Waals surface area contributed by atoms with Gasteiger partial charge in [-0.3, -0.25) is 14.3 Å². The van der Waals surface area contributed by atoms with Crippen molar-refractivity contribution in [3.8, 4) is 0 Å². The number of hydrogen-bond donors (Lipinski definition) is 1. The van der Waals surface area contributed by atoms with Crippen LogP contribution in [0.4, 0.5) is 0 Å². The third kappa shape index (κ3) is 3.48. The maximum Gasteiger partial charge on any atom is 0.329 e. The Morgan fingerprint density at radius 3 is 2.68 bits per heavy atom. The molecule has 1 saturated carbocycles. The minimum atomic E-state index is -0.479. The summed E-state index contributed by atoms with van der Waals surface area (Å²) in [6, 6.07) is 0. The SMILES string of the molecule is Cc1c(Cl)[nH]c(=O)n(CCOC2CCCCC2)c1=O. The van der Waals surface area contributed by atoms with E-state index in [0.717, 1.165) is 17.4 Å².